The van der Waals surface area contributed by atoms with Crippen LogP contribution in [-0.2, 0) is 16.0 Å². The van der Waals surface area contributed by atoms with Crippen molar-refractivity contribution in [1.82, 2.24) is 4.98 Å². The third-order valence-electron chi connectivity index (χ3n) is 1.42. The lowest BCUT2D eigenvalue weighted by Gasteiger charge is -1.96. The lowest BCUT2D eigenvalue weighted by Crippen LogP contribution is -2.13. The molecule has 0 aliphatic carbocycles. The van der Waals surface area contributed by atoms with Crippen molar-refractivity contribution >= 4 is 34.8 Å². The van der Waals surface area contributed by atoms with E-state index in [1.54, 1.807) is 6.92 Å². The van der Waals surface area contributed by atoms with Crippen LogP contribution in [0.25, 0.3) is 0 Å². The van der Waals surface area contributed by atoms with Crippen molar-refractivity contribution in [2.24, 2.45) is 5.73 Å². The van der Waals surface area contributed by atoms with E-state index in [1.807, 2.05) is 0 Å². The van der Waals surface area contributed by atoms with Gasteiger partial charge in [0, 0.05) is 0 Å². The summed E-state index contributed by atoms with van der Waals surface area (Å²) in [4.78, 5) is 25.8. The molecule has 5 nitrogen and oxygen atoms in total. The molecule has 0 unspecified atom stereocenters. The number of primary amides is 1. The minimum Gasteiger partial charge on any atom is -0.461 e. The standard InChI is InChI=1S/C8H9ClN2O3S/c1-2-14-8(13)6-7(9)15-5(11-6)3-4(10)12/h2-3H2,1H3,(H2,10,12). The van der Waals surface area contributed by atoms with Gasteiger partial charge >= 0.3 is 5.97 Å². The lowest BCUT2D eigenvalue weighted by molar-refractivity contribution is -0.117. The molecule has 0 fully saturated rings. The van der Waals surface area contributed by atoms with Crippen molar-refractivity contribution in [2.75, 3.05) is 6.61 Å². The molecule has 0 radical (unpaired) electrons. The Hall–Kier alpha value is -1.14. The summed E-state index contributed by atoms with van der Waals surface area (Å²) in [5.74, 6) is -1.11. The Kier molecular flexibility index (Phi) is 4.05. The number of carbonyl (C=O) groups is 2. The van der Waals surface area contributed by atoms with Crippen molar-refractivity contribution in [2.45, 2.75) is 13.3 Å². The molecular weight excluding hydrogens is 240 g/mol. The van der Waals surface area contributed by atoms with E-state index in [-0.39, 0.29) is 23.1 Å². The number of aromatic nitrogens is 1. The maximum Gasteiger partial charge on any atom is 0.359 e. The fourth-order valence-electron chi connectivity index (χ4n) is 0.893. The molecule has 0 saturated carbocycles. The summed E-state index contributed by atoms with van der Waals surface area (Å²) in [5, 5.41) is 0.413. The number of hydrogen-bond donors (Lipinski definition) is 1. The second kappa shape index (κ2) is 5.09. The summed E-state index contributed by atoms with van der Waals surface area (Å²) in [7, 11) is 0. The first-order valence-corrected chi connectivity index (χ1v) is 5.34. The molecule has 1 aromatic heterocycles. The fraction of sp³-hybridized carbons (Fsp3) is 0.375. The molecule has 0 aliphatic rings. The highest BCUT2D eigenvalue weighted by atomic mass is 35.5. The number of nitrogens with two attached hydrogens (primary N) is 1. The van der Waals surface area contributed by atoms with Gasteiger partial charge in [-0.3, -0.25) is 4.79 Å². The maximum absolute atomic E-state index is 11.3. The molecule has 0 atom stereocenters. The Morgan fingerprint density at radius 1 is 1.60 bits per heavy atom. The first-order valence-electron chi connectivity index (χ1n) is 4.15. The predicted molar refractivity (Wildman–Crippen MR) is 56.0 cm³/mol. The number of rotatable bonds is 4. The SMILES string of the molecule is CCOC(=O)c1nc(CC(N)=O)sc1Cl. The first kappa shape index (κ1) is 11.9. The predicted octanol–water partition coefficient (Wildman–Crippen LogP) is 1.00. The van der Waals surface area contributed by atoms with Crippen molar-refractivity contribution in [1.29, 1.82) is 0 Å². The highest BCUT2D eigenvalue weighted by Crippen LogP contribution is 2.25. The molecule has 15 heavy (non-hydrogen) atoms. The highest BCUT2D eigenvalue weighted by molar-refractivity contribution is 7.16. The Morgan fingerprint density at radius 2 is 2.27 bits per heavy atom. The van der Waals surface area contributed by atoms with Crippen LogP contribution in [0.15, 0.2) is 0 Å². The van der Waals surface area contributed by atoms with Gasteiger partial charge in [-0.15, -0.1) is 11.3 Å². The Balaban J connectivity index is 2.86. The summed E-state index contributed by atoms with van der Waals surface area (Å²) < 4.78 is 4.94. The minimum absolute atomic E-state index is 0.0240. The minimum atomic E-state index is -0.588. The summed E-state index contributed by atoms with van der Waals surface area (Å²) in [6, 6.07) is 0. The third-order valence-corrected chi connectivity index (χ3v) is 2.68. The van der Waals surface area contributed by atoms with Crippen LogP contribution in [-0.4, -0.2) is 23.5 Å². The number of carbonyl (C=O) groups excluding carboxylic acids is 2. The average Bonchev–Trinajstić information content (AvgIpc) is 2.46. The molecule has 1 aromatic rings. The second-order valence-corrected chi connectivity index (χ2v) is 4.28. The maximum atomic E-state index is 11.3. The monoisotopic (exact) mass is 248 g/mol. The molecule has 82 valence electrons. The smallest absolute Gasteiger partial charge is 0.359 e. The molecule has 7 heteroatoms. The molecular formula is C8H9ClN2O3S. The molecule has 0 spiro atoms. The van der Waals surface area contributed by atoms with Gasteiger partial charge in [0.1, 0.15) is 9.34 Å². The van der Waals surface area contributed by atoms with Gasteiger partial charge in [0.15, 0.2) is 5.69 Å². The van der Waals surface area contributed by atoms with Crippen LogP contribution in [0.1, 0.15) is 22.4 Å². The van der Waals surface area contributed by atoms with Crippen LogP contribution in [0.3, 0.4) is 0 Å². The molecule has 0 aliphatic heterocycles. The van der Waals surface area contributed by atoms with Crippen LogP contribution in [0.2, 0.25) is 4.34 Å². The van der Waals surface area contributed by atoms with Crippen LogP contribution in [0, 0.1) is 0 Å². The fourth-order valence-corrected chi connectivity index (χ4v) is 2.06. The van der Waals surface area contributed by atoms with Crippen LogP contribution < -0.4 is 5.73 Å². The zero-order chi connectivity index (χ0) is 11.4. The molecule has 0 bridgehead atoms. The van der Waals surface area contributed by atoms with Crippen molar-refractivity contribution < 1.29 is 14.3 Å². The Bertz CT molecular complexity index is 391. The number of esters is 1. The number of hydrogen-bond acceptors (Lipinski definition) is 5. The molecule has 0 aromatic carbocycles. The molecule has 1 amide bonds. The first-order chi connectivity index (χ1) is 7.04. The van der Waals surface area contributed by atoms with E-state index >= 15 is 0 Å². The lowest BCUT2D eigenvalue weighted by atomic mass is 10.4. The summed E-state index contributed by atoms with van der Waals surface area (Å²) in [5.41, 5.74) is 5.03. The van der Waals surface area contributed by atoms with Gasteiger partial charge in [-0.25, -0.2) is 9.78 Å². The second-order valence-electron chi connectivity index (χ2n) is 2.59. The van der Waals surface area contributed by atoms with E-state index in [9.17, 15) is 9.59 Å². The van der Waals surface area contributed by atoms with Gasteiger partial charge in [0.2, 0.25) is 5.91 Å². The molecule has 1 rings (SSSR count). The third kappa shape index (κ3) is 3.17. The van der Waals surface area contributed by atoms with Crippen molar-refractivity contribution in [3.05, 3.63) is 15.0 Å². The van der Waals surface area contributed by atoms with E-state index in [1.165, 1.54) is 0 Å². The Morgan fingerprint density at radius 3 is 2.80 bits per heavy atom. The number of nitrogens with zero attached hydrogens (tertiary/aromatic N) is 1. The zero-order valence-electron chi connectivity index (χ0n) is 7.95. The van der Waals surface area contributed by atoms with E-state index in [0.717, 1.165) is 11.3 Å². The van der Waals surface area contributed by atoms with Crippen molar-refractivity contribution in [3.8, 4) is 0 Å². The number of halogens is 1. The van der Waals surface area contributed by atoms with Crippen LogP contribution >= 0.6 is 22.9 Å². The Labute approximate surface area is 95.2 Å². The quantitative estimate of drug-likeness (QED) is 0.806. The zero-order valence-corrected chi connectivity index (χ0v) is 9.52. The van der Waals surface area contributed by atoms with Crippen LogP contribution in [0.5, 0.6) is 0 Å². The highest BCUT2D eigenvalue weighted by Gasteiger charge is 2.18. The van der Waals surface area contributed by atoms with Gasteiger partial charge in [-0.05, 0) is 6.92 Å². The van der Waals surface area contributed by atoms with Gasteiger partial charge in [-0.2, -0.15) is 0 Å². The van der Waals surface area contributed by atoms with Gasteiger partial charge < -0.3 is 10.5 Å². The normalized spacial score (nSPS) is 10.0. The van der Waals surface area contributed by atoms with Crippen LogP contribution in [0.4, 0.5) is 0 Å². The number of amides is 1. The molecule has 2 N–H and O–H groups in total. The average molecular weight is 249 g/mol. The van der Waals surface area contributed by atoms with E-state index in [2.05, 4.69) is 4.98 Å². The van der Waals surface area contributed by atoms with Gasteiger partial charge in [0.25, 0.3) is 0 Å². The van der Waals surface area contributed by atoms with E-state index < -0.39 is 11.9 Å². The van der Waals surface area contributed by atoms with Gasteiger partial charge in [0.05, 0.1) is 13.0 Å². The van der Waals surface area contributed by atoms with E-state index in [0.29, 0.717) is 5.01 Å². The van der Waals surface area contributed by atoms with Gasteiger partial charge in [-0.1, -0.05) is 11.6 Å². The topological polar surface area (TPSA) is 82.3 Å². The molecule has 0 saturated heterocycles. The molecule has 1 heterocycles. The largest absolute Gasteiger partial charge is 0.461 e. The summed E-state index contributed by atoms with van der Waals surface area (Å²) in [6.45, 7) is 1.93. The number of ether oxygens (including phenoxy) is 1. The van der Waals surface area contributed by atoms with E-state index in [4.69, 9.17) is 22.1 Å². The van der Waals surface area contributed by atoms with Crippen molar-refractivity contribution in [3.63, 3.8) is 0 Å². The number of thiazole rings is 1. The summed E-state index contributed by atoms with van der Waals surface area (Å²) in [6.07, 6.45) is -0.0240. The summed E-state index contributed by atoms with van der Waals surface area (Å²) >= 11 is 6.81.